The number of halogens is 1. The Hall–Kier alpha value is -0.930. The summed E-state index contributed by atoms with van der Waals surface area (Å²) < 4.78 is 14.1. The van der Waals surface area contributed by atoms with Crippen LogP contribution in [0.2, 0.25) is 0 Å². The van der Waals surface area contributed by atoms with Crippen LogP contribution < -0.4 is 5.73 Å². The van der Waals surface area contributed by atoms with E-state index in [0.29, 0.717) is 5.56 Å². The minimum absolute atomic E-state index is 0.134. The van der Waals surface area contributed by atoms with Crippen molar-refractivity contribution in [3.8, 4) is 0 Å². The Morgan fingerprint density at radius 3 is 2.33 bits per heavy atom. The van der Waals surface area contributed by atoms with Crippen LogP contribution in [-0.4, -0.2) is 25.0 Å². The Balaban J connectivity index is 3.26. The molecule has 0 amide bonds. The van der Waals surface area contributed by atoms with Crippen LogP contribution in [0.4, 0.5) is 4.39 Å². The Bertz CT molecular complexity index is 379. The monoisotopic (exact) mass is 252 g/mol. The van der Waals surface area contributed by atoms with Gasteiger partial charge in [0.25, 0.3) is 0 Å². The quantitative estimate of drug-likeness (QED) is 0.843. The molecule has 0 heterocycles. The van der Waals surface area contributed by atoms with E-state index < -0.39 is 5.54 Å². The summed E-state index contributed by atoms with van der Waals surface area (Å²) in [6, 6.07) is 7.01. The van der Waals surface area contributed by atoms with Gasteiger partial charge < -0.3 is 10.6 Å². The van der Waals surface area contributed by atoms with Gasteiger partial charge in [-0.05, 0) is 33.0 Å². The van der Waals surface area contributed by atoms with Crippen molar-refractivity contribution in [2.45, 2.75) is 44.7 Å². The van der Waals surface area contributed by atoms with Crippen LogP contribution in [0.15, 0.2) is 24.3 Å². The lowest BCUT2D eigenvalue weighted by molar-refractivity contribution is 0.156. The van der Waals surface area contributed by atoms with Crippen molar-refractivity contribution in [3.63, 3.8) is 0 Å². The van der Waals surface area contributed by atoms with Gasteiger partial charge >= 0.3 is 0 Å². The first-order valence-corrected chi connectivity index (χ1v) is 6.67. The van der Waals surface area contributed by atoms with Gasteiger partial charge in [-0.25, -0.2) is 4.39 Å². The van der Waals surface area contributed by atoms with Gasteiger partial charge in [0.2, 0.25) is 0 Å². The minimum atomic E-state index is -0.627. The molecular weight excluding hydrogens is 227 g/mol. The molecule has 3 heteroatoms. The summed E-state index contributed by atoms with van der Waals surface area (Å²) in [4.78, 5) is 2.10. The molecular formula is C15H25FN2. The molecule has 2 nitrogen and oxygen atoms in total. The van der Waals surface area contributed by atoms with Crippen LogP contribution in [0, 0.1) is 5.82 Å². The molecule has 0 spiro atoms. The van der Waals surface area contributed by atoms with Gasteiger partial charge in [0, 0.05) is 11.6 Å². The van der Waals surface area contributed by atoms with E-state index in [9.17, 15) is 4.39 Å². The molecule has 1 rings (SSSR count). The first-order chi connectivity index (χ1) is 8.47. The third kappa shape index (κ3) is 2.90. The molecule has 0 radical (unpaired) electrons. The lowest BCUT2D eigenvalue weighted by atomic mass is 9.78. The van der Waals surface area contributed by atoms with Gasteiger partial charge in [-0.3, -0.25) is 0 Å². The fraction of sp³-hybridized carbons (Fsp3) is 0.600. The van der Waals surface area contributed by atoms with Crippen molar-refractivity contribution in [2.24, 2.45) is 5.73 Å². The number of hydrogen-bond acceptors (Lipinski definition) is 2. The minimum Gasteiger partial charge on any atom is -0.320 e. The summed E-state index contributed by atoms with van der Waals surface area (Å²) in [6.07, 6.45) is 2.62. The van der Waals surface area contributed by atoms with E-state index in [1.807, 2.05) is 26.2 Å². The Morgan fingerprint density at radius 2 is 1.89 bits per heavy atom. The largest absolute Gasteiger partial charge is 0.320 e. The maximum Gasteiger partial charge on any atom is 0.128 e. The SMILES string of the molecule is CCCC(N)(c1ccccc1F)C(CC)N(C)C. The molecule has 0 saturated carbocycles. The molecule has 18 heavy (non-hydrogen) atoms. The van der Waals surface area contributed by atoms with Crippen molar-refractivity contribution in [3.05, 3.63) is 35.6 Å². The van der Waals surface area contributed by atoms with E-state index in [2.05, 4.69) is 18.7 Å². The predicted molar refractivity (Wildman–Crippen MR) is 74.9 cm³/mol. The van der Waals surface area contributed by atoms with E-state index >= 15 is 0 Å². The van der Waals surface area contributed by atoms with Crippen LogP contribution in [0.3, 0.4) is 0 Å². The van der Waals surface area contributed by atoms with Crippen LogP contribution in [0.1, 0.15) is 38.7 Å². The highest BCUT2D eigenvalue weighted by Crippen LogP contribution is 2.33. The molecule has 0 aromatic heterocycles. The highest BCUT2D eigenvalue weighted by atomic mass is 19.1. The summed E-state index contributed by atoms with van der Waals surface area (Å²) in [5, 5.41) is 0. The number of hydrogen-bond donors (Lipinski definition) is 1. The molecule has 0 fully saturated rings. The molecule has 2 atom stereocenters. The molecule has 0 aliphatic heterocycles. The number of likely N-dealkylation sites (N-methyl/N-ethyl adjacent to an activating group) is 1. The summed E-state index contributed by atoms with van der Waals surface area (Å²) in [7, 11) is 4.01. The van der Waals surface area contributed by atoms with E-state index in [1.54, 1.807) is 6.07 Å². The Kier molecular flexibility index (Phi) is 5.29. The standard InChI is InChI=1S/C15H25FN2/c1-5-11-15(17,14(6-2)18(3)4)12-9-7-8-10-13(12)16/h7-10,14H,5-6,11,17H2,1-4H3. The van der Waals surface area contributed by atoms with E-state index in [0.717, 1.165) is 19.3 Å². The lowest BCUT2D eigenvalue weighted by Crippen LogP contribution is -2.54. The van der Waals surface area contributed by atoms with Crippen LogP contribution in [-0.2, 0) is 5.54 Å². The number of nitrogens with two attached hydrogens (primary N) is 1. The van der Waals surface area contributed by atoms with E-state index in [-0.39, 0.29) is 11.9 Å². The average Bonchev–Trinajstić information content (AvgIpc) is 2.30. The molecule has 0 bridgehead atoms. The van der Waals surface area contributed by atoms with Gasteiger partial charge in [-0.2, -0.15) is 0 Å². The zero-order chi connectivity index (χ0) is 13.8. The predicted octanol–water partition coefficient (Wildman–Crippen LogP) is 3.12. The topological polar surface area (TPSA) is 29.3 Å². The van der Waals surface area contributed by atoms with Crippen molar-refractivity contribution < 1.29 is 4.39 Å². The summed E-state index contributed by atoms with van der Waals surface area (Å²) >= 11 is 0. The number of benzene rings is 1. The second-order valence-corrected chi connectivity index (χ2v) is 5.16. The lowest BCUT2D eigenvalue weighted by Gasteiger charge is -2.41. The summed E-state index contributed by atoms with van der Waals surface area (Å²) in [5.74, 6) is -0.200. The van der Waals surface area contributed by atoms with E-state index in [4.69, 9.17) is 5.73 Å². The van der Waals surface area contributed by atoms with Gasteiger partial charge in [-0.15, -0.1) is 0 Å². The Labute approximate surface area is 110 Å². The third-order valence-corrected chi connectivity index (χ3v) is 3.64. The highest BCUT2D eigenvalue weighted by Gasteiger charge is 2.37. The third-order valence-electron chi connectivity index (χ3n) is 3.64. The normalized spacial score (nSPS) is 16.6. The second kappa shape index (κ2) is 6.30. The van der Waals surface area contributed by atoms with Gasteiger partial charge in [0.15, 0.2) is 0 Å². The maximum absolute atomic E-state index is 14.1. The van der Waals surface area contributed by atoms with Crippen LogP contribution in [0.5, 0.6) is 0 Å². The molecule has 0 aliphatic rings. The zero-order valence-corrected chi connectivity index (χ0v) is 11.9. The van der Waals surface area contributed by atoms with E-state index in [1.165, 1.54) is 6.07 Å². The molecule has 2 N–H and O–H groups in total. The highest BCUT2D eigenvalue weighted by molar-refractivity contribution is 5.28. The zero-order valence-electron chi connectivity index (χ0n) is 11.9. The van der Waals surface area contributed by atoms with Gasteiger partial charge in [-0.1, -0.05) is 38.5 Å². The molecule has 1 aromatic rings. The second-order valence-electron chi connectivity index (χ2n) is 5.16. The average molecular weight is 252 g/mol. The maximum atomic E-state index is 14.1. The Morgan fingerprint density at radius 1 is 1.28 bits per heavy atom. The van der Waals surface area contributed by atoms with Crippen LogP contribution in [0.25, 0.3) is 0 Å². The van der Waals surface area contributed by atoms with Crippen molar-refractivity contribution in [1.29, 1.82) is 0 Å². The number of rotatable bonds is 6. The molecule has 102 valence electrons. The van der Waals surface area contributed by atoms with Gasteiger partial charge in [0.05, 0.1) is 5.54 Å². The molecule has 0 aliphatic carbocycles. The molecule has 1 aromatic carbocycles. The molecule has 2 unspecified atom stereocenters. The summed E-state index contributed by atoms with van der Waals surface area (Å²) in [5.41, 5.74) is 6.61. The smallest absolute Gasteiger partial charge is 0.128 e. The van der Waals surface area contributed by atoms with Crippen LogP contribution >= 0.6 is 0 Å². The fourth-order valence-corrected chi connectivity index (χ4v) is 2.92. The fourth-order valence-electron chi connectivity index (χ4n) is 2.92. The first kappa shape index (κ1) is 15.1. The first-order valence-electron chi connectivity index (χ1n) is 6.67. The van der Waals surface area contributed by atoms with Crippen molar-refractivity contribution in [2.75, 3.05) is 14.1 Å². The number of nitrogens with zero attached hydrogens (tertiary/aromatic N) is 1. The summed E-state index contributed by atoms with van der Waals surface area (Å²) in [6.45, 7) is 4.19. The molecule has 0 saturated heterocycles. The van der Waals surface area contributed by atoms with Crippen molar-refractivity contribution >= 4 is 0 Å². The van der Waals surface area contributed by atoms with Gasteiger partial charge in [0.1, 0.15) is 5.82 Å². The van der Waals surface area contributed by atoms with Crippen molar-refractivity contribution in [1.82, 2.24) is 4.90 Å².